The monoisotopic (exact) mass is 223 g/mol. The van der Waals surface area contributed by atoms with Gasteiger partial charge in [-0.3, -0.25) is 4.79 Å². The minimum absolute atomic E-state index is 0.00749. The first-order chi connectivity index (χ1) is 7.66. The molecule has 0 fully saturated rings. The van der Waals surface area contributed by atoms with Crippen LogP contribution >= 0.6 is 0 Å². The Hall–Kier alpha value is -1.05. The standard InChI is InChI=1S/C14H25NO/c1-4-5-6-7-8-9-10-11-14(16)15-12-13(2)3/h8-11,13H,4-7,12H2,1-3H3,(H,15,16)/b9-8-,11-10-. The SMILES string of the molecule is CCCCC/C=C\C=C/C(=O)NCC(C)C. The van der Waals surface area contributed by atoms with Gasteiger partial charge in [0.1, 0.15) is 0 Å². The lowest BCUT2D eigenvalue weighted by molar-refractivity contribution is -0.116. The van der Waals surface area contributed by atoms with Crippen molar-refractivity contribution >= 4 is 5.91 Å². The van der Waals surface area contributed by atoms with Crippen molar-refractivity contribution in [2.24, 2.45) is 5.92 Å². The zero-order valence-corrected chi connectivity index (χ0v) is 10.8. The molecule has 0 radical (unpaired) electrons. The van der Waals surface area contributed by atoms with E-state index in [2.05, 4.69) is 32.2 Å². The van der Waals surface area contributed by atoms with Gasteiger partial charge in [0.25, 0.3) is 0 Å². The molecule has 0 heterocycles. The highest BCUT2D eigenvalue weighted by Crippen LogP contribution is 1.99. The third kappa shape index (κ3) is 11.0. The summed E-state index contributed by atoms with van der Waals surface area (Å²) in [6, 6.07) is 0. The molecule has 0 saturated heterocycles. The summed E-state index contributed by atoms with van der Waals surface area (Å²) in [4.78, 5) is 11.3. The van der Waals surface area contributed by atoms with Gasteiger partial charge in [0.15, 0.2) is 0 Å². The predicted octanol–water partition coefficient (Wildman–Crippen LogP) is 3.45. The minimum Gasteiger partial charge on any atom is -0.352 e. The minimum atomic E-state index is -0.00749. The molecule has 0 aliphatic rings. The fraction of sp³-hybridized carbons (Fsp3) is 0.643. The van der Waals surface area contributed by atoms with Gasteiger partial charge in [-0.15, -0.1) is 0 Å². The number of allylic oxidation sites excluding steroid dienone is 3. The van der Waals surface area contributed by atoms with Crippen LogP contribution in [0.5, 0.6) is 0 Å². The van der Waals surface area contributed by atoms with E-state index in [-0.39, 0.29) is 5.91 Å². The first kappa shape index (κ1) is 14.9. The number of nitrogens with one attached hydrogen (secondary N) is 1. The van der Waals surface area contributed by atoms with Gasteiger partial charge in [0.05, 0.1) is 0 Å². The van der Waals surface area contributed by atoms with Gasteiger partial charge in [0.2, 0.25) is 5.91 Å². The van der Waals surface area contributed by atoms with Crippen molar-refractivity contribution in [2.45, 2.75) is 46.5 Å². The van der Waals surface area contributed by atoms with Gasteiger partial charge < -0.3 is 5.32 Å². The van der Waals surface area contributed by atoms with E-state index in [0.29, 0.717) is 5.92 Å². The van der Waals surface area contributed by atoms with Crippen LogP contribution in [0.4, 0.5) is 0 Å². The lowest BCUT2D eigenvalue weighted by Crippen LogP contribution is -2.25. The molecule has 0 saturated carbocycles. The molecule has 0 atom stereocenters. The zero-order valence-electron chi connectivity index (χ0n) is 10.8. The third-order valence-corrected chi connectivity index (χ3v) is 2.15. The van der Waals surface area contributed by atoms with Crippen LogP contribution in [0.25, 0.3) is 0 Å². The van der Waals surface area contributed by atoms with E-state index in [1.54, 1.807) is 6.08 Å². The fourth-order valence-electron chi connectivity index (χ4n) is 1.19. The van der Waals surface area contributed by atoms with E-state index in [1.807, 2.05) is 12.2 Å². The average molecular weight is 223 g/mol. The molecule has 0 aromatic rings. The number of amides is 1. The second-order valence-electron chi connectivity index (χ2n) is 4.42. The van der Waals surface area contributed by atoms with Crippen molar-refractivity contribution in [1.82, 2.24) is 5.32 Å². The van der Waals surface area contributed by atoms with Crippen LogP contribution in [0.2, 0.25) is 0 Å². The highest BCUT2D eigenvalue weighted by molar-refractivity contribution is 5.87. The van der Waals surface area contributed by atoms with Crippen molar-refractivity contribution in [2.75, 3.05) is 6.54 Å². The first-order valence-corrected chi connectivity index (χ1v) is 6.27. The largest absolute Gasteiger partial charge is 0.352 e. The highest BCUT2D eigenvalue weighted by Gasteiger charge is 1.95. The van der Waals surface area contributed by atoms with Crippen LogP contribution in [0, 0.1) is 5.92 Å². The molecular weight excluding hydrogens is 198 g/mol. The maximum Gasteiger partial charge on any atom is 0.243 e. The molecule has 0 aliphatic heterocycles. The lowest BCUT2D eigenvalue weighted by Gasteiger charge is -2.03. The van der Waals surface area contributed by atoms with E-state index >= 15 is 0 Å². The van der Waals surface area contributed by atoms with Crippen molar-refractivity contribution < 1.29 is 4.79 Å². The lowest BCUT2D eigenvalue weighted by atomic mass is 10.2. The molecule has 16 heavy (non-hydrogen) atoms. The van der Waals surface area contributed by atoms with Crippen LogP contribution in [-0.4, -0.2) is 12.5 Å². The average Bonchev–Trinajstić information content (AvgIpc) is 2.25. The Kier molecular flexibility index (Phi) is 9.78. The zero-order chi connectivity index (χ0) is 12.2. The van der Waals surface area contributed by atoms with Crippen molar-refractivity contribution in [3.63, 3.8) is 0 Å². The number of hydrogen-bond acceptors (Lipinski definition) is 1. The quantitative estimate of drug-likeness (QED) is 0.381. The Labute approximate surface area is 99.8 Å². The Bertz CT molecular complexity index is 229. The number of hydrogen-bond donors (Lipinski definition) is 1. The molecule has 0 aromatic heterocycles. The maximum atomic E-state index is 11.3. The predicted molar refractivity (Wildman–Crippen MR) is 70.3 cm³/mol. The van der Waals surface area contributed by atoms with Crippen molar-refractivity contribution in [1.29, 1.82) is 0 Å². The molecule has 2 nitrogen and oxygen atoms in total. The van der Waals surface area contributed by atoms with Crippen molar-refractivity contribution in [3.8, 4) is 0 Å². The van der Waals surface area contributed by atoms with E-state index in [1.165, 1.54) is 19.3 Å². The number of rotatable bonds is 8. The summed E-state index contributed by atoms with van der Waals surface area (Å²) in [6.45, 7) is 7.10. The molecule has 0 spiro atoms. The van der Waals surface area contributed by atoms with E-state index in [0.717, 1.165) is 13.0 Å². The van der Waals surface area contributed by atoms with Crippen LogP contribution in [0.3, 0.4) is 0 Å². The van der Waals surface area contributed by atoms with Gasteiger partial charge in [-0.05, 0) is 18.8 Å². The smallest absolute Gasteiger partial charge is 0.243 e. The summed E-state index contributed by atoms with van der Waals surface area (Å²) in [5.74, 6) is 0.494. The Balaban J connectivity index is 3.54. The van der Waals surface area contributed by atoms with Gasteiger partial charge in [-0.1, -0.05) is 51.8 Å². The van der Waals surface area contributed by atoms with Crippen LogP contribution in [-0.2, 0) is 4.79 Å². The first-order valence-electron chi connectivity index (χ1n) is 6.27. The molecular formula is C14H25NO. The molecule has 0 aromatic carbocycles. The summed E-state index contributed by atoms with van der Waals surface area (Å²) in [6.07, 6.45) is 12.3. The summed E-state index contributed by atoms with van der Waals surface area (Å²) in [7, 11) is 0. The molecule has 1 amide bonds. The van der Waals surface area contributed by atoms with Crippen LogP contribution in [0.15, 0.2) is 24.3 Å². The fourth-order valence-corrected chi connectivity index (χ4v) is 1.19. The number of unbranched alkanes of at least 4 members (excludes halogenated alkanes) is 3. The topological polar surface area (TPSA) is 29.1 Å². The van der Waals surface area contributed by atoms with E-state index in [9.17, 15) is 4.79 Å². The molecule has 0 bridgehead atoms. The Morgan fingerprint density at radius 2 is 2.00 bits per heavy atom. The van der Waals surface area contributed by atoms with Crippen molar-refractivity contribution in [3.05, 3.63) is 24.3 Å². The molecule has 2 heteroatoms. The van der Waals surface area contributed by atoms with Crippen LogP contribution in [0.1, 0.15) is 46.5 Å². The summed E-state index contributed by atoms with van der Waals surface area (Å²) in [5.41, 5.74) is 0. The Morgan fingerprint density at radius 3 is 2.62 bits per heavy atom. The Morgan fingerprint density at radius 1 is 1.25 bits per heavy atom. The molecule has 0 rings (SSSR count). The number of carbonyl (C=O) groups is 1. The molecule has 1 N–H and O–H groups in total. The second kappa shape index (κ2) is 10.5. The molecule has 92 valence electrons. The van der Waals surface area contributed by atoms with E-state index < -0.39 is 0 Å². The summed E-state index contributed by atoms with van der Waals surface area (Å²) >= 11 is 0. The van der Waals surface area contributed by atoms with Gasteiger partial charge >= 0.3 is 0 Å². The van der Waals surface area contributed by atoms with E-state index in [4.69, 9.17) is 0 Å². The second-order valence-corrected chi connectivity index (χ2v) is 4.42. The molecule has 0 unspecified atom stereocenters. The maximum absolute atomic E-state index is 11.3. The van der Waals surface area contributed by atoms with Gasteiger partial charge in [-0.25, -0.2) is 0 Å². The van der Waals surface area contributed by atoms with Gasteiger partial charge in [-0.2, -0.15) is 0 Å². The number of carbonyl (C=O) groups excluding carboxylic acids is 1. The summed E-state index contributed by atoms with van der Waals surface area (Å²) < 4.78 is 0. The highest BCUT2D eigenvalue weighted by atomic mass is 16.1. The molecule has 0 aliphatic carbocycles. The third-order valence-electron chi connectivity index (χ3n) is 2.15. The normalized spacial score (nSPS) is 11.8. The van der Waals surface area contributed by atoms with Crippen LogP contribution < -0.4 is 5.32 Å². The van der Waals surface area contributed by atoms with Gasteiger partial charge in [0, 0.05) is 12.6 Å². The summed E-state index contributed by atoms with van der Waals surface area (Å²) in [5, 5.41) is 2.83.